The van der Waals surface area contributed by atoms with Gasteiger partial charge in [0.15, 0.2) is 0 Å². The fraction of sp³-hybridized carbons (Fsp3) is 0.533. The third-order valence-corrected chi connectivity index (χ3v) is 3.51. The van der Waals surface area contributed by atoms with E-state index >= 15 is 0 Å². The van der Waals surface area contributed by atoms with Crippen LogP contribution in [0.25, 0.3) is 0 Å². The van der Waals surface area contributed by atoms with Gasteiger partial charge in [0, 0.05) is 6.54 Å². The number of amides is 1. The Hall–Kier alpha value is -1.42. The first-order valence-corrected chi connectivity index (χ1v) is 6.81. The quantitative estimate of drug-likeness (QED) is 0.907. The number of hydrogen-bond donors (Lipinski definition) is 1. The van der Waals surface area contributed by atoms with Crippen molar-refractivity contribution >= 4 is 5.91 Å². The largest absolute Gasteiger partial charge is 0.322 e. The zero-order valence-electron chi connectivity index (χ0n) is 11.7. The molecule has 2 rings (SSSR count). The number of rotatable bonds is 4. The van der Waals surface area contributed by atoms with Crippen molar-refractivity contribution in [2.24, 2.45) is 5.92 Å². The number of hydrogen-bond acceptors (Lipinski definition) is 2. The average molecular weight is 264 g/mol. The lowest BCUT2D eigenvalue weighted by molar-refractivity contribution is -0.130. The van der Waals surface area contributed by atoms with Gasteiger partial charge in [-0.2, -0.15) is 0 Å². The van der Waals surface area contributed by atoms with Gasteiger partial charge in [0.2, 0.25) is 5.91 Å². The van der Waals surface area contributed by atoms with Crippen LogP contribution in [0.5, 0.6) is 0 Å². The lowest BCUT2D eigenvalue weighted by atomic mass is 10.1. The van der Waals surface area contributed by atoms with Crippen molar-refractivity contribution in [1.82, 2.24) is 10.2 Å². The normalized spacial score (nSPS) is 23.4. The van der Waals surface area contributed by atoms with Crippen LogP contribution >= 0.6 is 0 Å². The van der Waals surface area contributed by atoms with E-state index in [0.29, 0.717) is 5.92 Å². The Bertz CT molecular complexity index is 444. The zero-order chi connectivity index (χ0) is 14.0. The number of carbonyl (C=O) groups is 1. The van der Waals surface area contributed by atoms with Gasteiger partial charge in [-0.05, 0) is 37.0 Å². The van der Waals surface area contributed by atoms with E-state index in [1.807, 2.05) is 11.8 Å². The molecule has 0 aromatic heterocycles. The summed E-state index contributed by atoms with van der Waals surface area (Å²) in [4.78, 5) is 14.0. The molecule has 2 atom stereocenters. The highest BCUT2D eigenvalue weighted by Gasteiger charge is 2.36. The number of halogens is 1. The highest BCUT2D eigenvalue weighted by Crippen LogP contribution is 2.26. The Labute approximate surface area is 113 Å². The molecule has 1 N–H and O–H groups in total. The van der Waals surface area contributed by atoms with Crippen molar-refractivity contribution in [2.45, 2.75) is 39.4 Å². The van der Waals surface area contributed by atoms with Crippen LogP contribution in [0.4, 0.5) is 4.39 Å². The smallest absolute Gasteiger partial charge is 0.241 e. The van der Waals surface area contributed by atoms with Crippen LogP contribution in [0.15, 0.2) is 24.3 Å². The van der Waals surface area contributed by atoms with Crippen LogP contribution in [-0.4, -0.2) is 23.4 Å². The number of nitrogens with zero attached hydrogens (tertiary/aromatic N) is 1. The summed E-state index contributed by atoms with van der Waals surface area (Å²) >= 11 is 0. The van der Waals surface area contributed by atoms with E-state index < -0.39 is 0 Å². The summed E-state index contributed by atoms with van der Waals surface area (Å²) < 4.78 is 13.0. The highest BCUT2D eigenvalue weighted by molar-refractivity contribution is 5.84. The molecule has 4 heteroatoms. The molecule has 104 valence electrons. The second-order valence-corrected chi connectivity index (χ2v) is 5.56. The molecule has 1 amide bonds. The Balaban J connectivity index is 2.17. The van der Waals surface area contributed by atoms with E-state index in [2.05, 4.69) is 19.2 Å². The van der Waals surface area contributed by atoms with Gasteiger partial charge in [-0.15, -0.1) is 0 Å². The molecule has 0 aliphatic carbocycles. The minimum Gasteiger partial charge on any atom is -0.322 e. The van der Waals surface area contributed by atoms with E-state index in [0.717, 1.165) is 18.5 Å². The number of carbonyl (C=O) groups excluding carboxylic acids is 1. The van der Waals surface area contributed by atoms with Crippen molar-refractivity contribution in [2.75, 3.05) is 6.54 Å². The molecular weight excluding hydrogens is 243 g/mol. The van der Waals surface area contributed by atoms with Gasteiger partial charge in [-0.25, -0.2) is 4.39 Å². The fourth-order valence-electron chi connectivity index (χ4n) is 2.33. The second-order valence-electron chi connectivity index (χ2n) is 5.56. The van der Waals surface area contributed by atoms with Gasteiger partial charge in [-0.3, -0.25) is 10.1 Å². The van der Waals surface area contributed by atoms with E-state index in [1.165, 1.54) is 12.1 Å². The average Bonchev–Trinajstić information content (AvgIpc) is 2.64. The maximum Gasteiger partial charge on any atom is 0.241 e. The lowest BCUT2D eigenvalue weighted by Crippen LogP contribution is -2.32. The predicted octanol–water partition coefficient (Wildman–Crippen LogP) is 2.69. The Morgan fingerprint density at radius 2 is 1.95 bits per heavy atom. The van der Waals surface area contributed by atoms with Crippen LogP contribution in [0.2, 0.25) is 0 Å². The molecule has 0 radical (unpaired) electrons. The topological polar surface area (TPSA) is 32.3 Å². The van der Waals surface area contributed by atoms with Crippen molar-refractivity contribution < 1.29 is 9.18 Å². The molecule has 1 aliphatic heterocycles. The van der Waals surface area contributed by atoms with Gasteiger partial charge in [0.1, 0.15) is 12.0 Å². The van der Waals surface area contributed by atoms with Crippen LogP contribution in [-0.2, 0) is 4.79 Å². The maximum atomic E-state index is 13.0. The molecule has 1 aliphatic rings. The van der Waals surface area contributed by atoms with E-state index in [1.54, 1.807) is 12.1 Å². The van der Waals surface area contributed by atoms with Crippen molar-refractivity contribution in [3.8, 4) is 0 Å². The molecule has 1 aromatic rings. The standard InChI is InChI=1S/C15H21FN2O/c1-10(2)8-9-18-14(17-11(3)15(18)19)12-4-6-13(16)7-5-12/h4-7,10-11,14,17H,8-9H2,1-3H3. The molecule has 3 nitrogen and oxygen atoms in total. The molecule has 1 fully saturated rings. The molecule has 0 spiro atoms. The van der Waals surface area contributed by atoms with Crippen molar-refractivity contribution in [3.05, 3.63) is 35.6 Å². The van der Waals surface area contributed by atoms with E-state index in [-0.39, 0.29) is 23.9 Å². The van der Waals surface area contributed by atoms with Gasteiger partial charge in [0.25, 0.3) is 0 Å². The monoisotopic (exact) mass is 264 g/mol. The van der Waals surface area contributed by atoms with Gasteiger partial charge in [0.05, 0.1) is 6.04 Å². The molecule has 1 heterocycles. The van der Waals surface area contributed by atoms with Crippen LogP contribution in [0.1, 0.15) is 38.9 Å². The minimum absolute atomic E-state index is 0.120. The first-order chi connectivity index (χ1) is 8.99. The second kappa shape index (κ2) is 5.70. The summed E-state index contributed by atoms with van der Waals surface area (Å²) in [5.74, 6) is 0.419. The molecular formula is C15H21FN2O. The fourth-order valence-corrected chi connectivity index (χ4v) is 2.33. The lowest BCUT2D eigenvalue weighted by Gasteiger charge is -2.25. The summed E-state index contributed by atoms with van der Waals surface area (Å²) in [6, 6.07) is 6.17. The summed E-state index contributed by atoms with van der Waals surface area (Å²) in [6.45, 7) is 6.89. The Kier molecular flexibility index (Phi) is 4.20. The molecule has 0 saturated carbocycles. The summed E-state index contributed by atoms with van der Waals surface area (Å²) in [7, 11) is 0. The minimum atomic E-state index is -0.255. The molecule has 19 heavy (non-hydrogen) atoms. The predicted molar refractivity (Wildman–Crippen MR) is 72.9 cm³/mol. The third-order valence-electron chi connectivity index (χ3n) is 3.51. The zero-order valence-corrected chi connectivity index (χ0v) is 11.7. The number of benzene rings is 1. The summed E-state index contributed by atoms with van der Waals surface area (Å²) in [6.07, 6.45) is 0.833. The van der Waals surface area contributed by atoms with E-state index in [4.69, 9.17) is 0 Å². The molecule has 0 bridgehead atoms. The highest BCUT2D eigenvalue weighted by atomic mass is 19.1. The maximum absolute atomic E-state index is 13.0. The molecule has 1 saturated heterocycles. The van der Waals surface area contributed by atoms with Crippen LogP contribution in [0, 0.1) is 11.7 Å². The van der Waals surface area contributed by atoms with Crippen molar-refractivity contribution in [1.29, 1.82) is 0 Å². The third kappa shape index (κ3) is 3.13. The van der Waals surface area contributed by atoms with Gasteiger partial charge >= 0.3 is 0 Å². The summed E-state index contributed by atoms with van der Waals surface area (Å²) in [5, 5.41) is 3.27. The van der Waals surface area contributed by atoms with Gasteiger partial charge in [-0.1, -0.05) is 26.0 Å². The Morgan fingerprint density at radius 1 is 1.32 bits per heavy atom. The molecule has 1 aromatic carbocycles. The van der Waals surface area contributed by atoms with E-state index in [9.17, 15) is 9.18 Å². The Morgan fingerprint density at radius 3 is 2.53 bits per heavy atom. The van der Waals surface area contributed by atoms with Crippen molar-refractivity contribution in [3.63, 3.8) is 0 Å². The SMILES string of the molecule is CC(C)CCN1C(=O)C(C)NC1c1ccc(F)cc1. The van der Waals surface area contributed by atoms with Crippen LogP contribution in [0.3, 0.4) is 0 Å². The summed E-state index contributed by atoms with van der Waals surface area (Å²) in [5.41, 5.74) is 0.933. The van der Waals surface area contributed by atoms with Gasteiger partial charge < -0.3 is 4.90 Å². The first-order valence-electron chi connectivity index (χ1n) is 6.81. The number of nitrogens with one attached hydrogen (secondary N) is 1. The molecule has 2 unspecified atom stereocenters. The van der Waals surface area contributed by atoms with Crippen LogP contribution < -0.4 is 5.32 Å². The first kappa shape index (κ1) is 14.0.